The number of amides is 1. The van der Waals surface area contributed by atoms with Gasteiger partial charge in [-0.05, 0) is 12.5 Å². The Kier molecular flexibility index (Phi) is 4.54. The monoisotopic (exact) mass is 145 g/mol. The molecule has 0 aliphatic carbocycles. The zero-order chi connectivity index (χ0) is 7.98. The molecule has 0 aromatic rings. The average molecular weight is 145 g/mol. The number of unbranched alkanes of at least 4 members (excludes halogenated alkanes) is 1. The van der Waals surface area contributed by atoms with Crippen molar-refractivity contribution in [2.75, 3.05) is 6.54 Å². The van der Waals surface area contributed by atoms with Crippen LogP contribution in [-0.2, 0) is 4.79 Å². The minimum absolute atomic E-state index is 0.168. The molecule has 0 aromatic heterocycles. The van der Waals surface area contributed by atoms with Gasteiger partial charge in [0.25, 0.3) is 5.91 Å². The molecule has 10 heavy (non-hydrogen) atoms. The van der Waals surface area contributed by atoms with Gasteiger partial charge in [-0.3, -0.25) is 4.79 Å². The molecule has 0 atom stereocenters. The van der Waals surface area contributed by atoms with Crippen LogP contribution in [0, 0.1) is 0 Å². The van der Waals surface area contributed by atoms with Crippen molar-refractivity contribution in [1.29, 1.82) is 0 Å². The molecule has 0 aliphatic rings. The molecule has 2 nitrogen and oxygen atoms in total. The van der Waals surface area contributed by atoms with Crippen molar-refractivity contribution in [3.8, 4) is 0 Å². The Bertz CT molecular complexity index is 125. The van der Waals surface area contributed by atoms with E-state index in [9.17, 15) is 9.28 Å². The van der Waals surface area contributed by atoms with E-state index < -0.39 is 5.91 Å². The lowest BCUT2D eigenvalue weighted by molar-refractivity contribution is -0.140. The van der Waals surface area contributed by atoms with Gasteiger partial charge < -0.3 is 0 Å². The van der Waals surface area contributed by atoms with Gasteiger partial charge in [0.05, 0.1) is 6.54 Å². The van der Waals surface area contributed by atoms with Crippen LogP contribution in [0.15, 0.2) is 12.7 Å². The number of halogens is 1. The van der Waals surface area contributed by atoms with E-state index in [0.717, 1.165) is 12.5 Å². The maximum Gasteiger partial charge on any atom is 0.273 e. The highest BCUT2D eigenvalue weighted by Gasteiger charge is 2.05. The van der Waals surface area contributed by atoms with Gasteiger partial charge in [0.2, 0.25) is 0 Å². The predicted octanol–water partition coefficient (Wildman–Crippen LogP) is 1.69. The zero-order valence-corrected chi connectivity index (χ0v) is 6.14. The average Bonchev–Trinajstić information content (AvgIpc) is 1.98. The van der Waals surface area contributed by atoms with Crippen LogP contribution in [0.25, 0.3) is 0 Å². The summed E-state index contributed by atoms with van der Waals surface area (Å²) in [5.74, 6) is -0.659. The van der Waals surface area contributed by atoms with Gasteiger partial charge in [-0.25, -0.2) is 0 Å². The fraction of sp³-hybridized carbons (Fsp3) is 0.571. The highest BCUT2D eigenvalue weighted by atomic mass is 19.2. The van der Waals surface area contributed by atoms with Gasteiger partial charge in [-0.2, -0.15) is 5.12 Å². The highest BCUT2D eigenvalue weighted by molar-refractivity contribution is 5.85. The molecule has 0 unspecified atom stereocenters. The number of carbonyl (C=O) groups is 1. The standard InChI is InChI=1S/C7H12FNO/c1-3-5-6-9(8)7(10)4-2/h4H,2-3,5-6H2,1H3. The molecule has 0 aliphatic heterocycles. The maximum absolute atomic E-state index is 12.4. The summed E-state index contributed by atoms with van der Waals surface area (Å²) in [7, 11) is 0. The van der Waals surface area contributed by atoms with Crippen molar-refractivity contribution in [2.45, 2.75) is 19.8 Å². The second-order valence-electron chi connectivity index (χ2n) is 1.98. The van der Waals surface area contributed by atoms with Gasteiger partial charge in [-0.15, -0.1) is 0 Å². The fourth-order valence-electron chi connectivity index (χ4n) is 0.506. The van der Waals surface area contributed by atoms with E-state index in [-0.39, 0.29) is 11.7 Å². The Labute approximate surface area is 60.3 Å². The van der Waals surface area contributed by atoms with Crippen LogP contribution in [0.1, 0.15) is 19.8 Å². The number of hydrogen-bond acceptors (Lipinski definition) is 1. The predicted molar refractivity (Wildman–Crippen MR) is 37.9 cm³/mol. The van der Waals surface area contributed by atoms with Crippen molar-refractivity contribution < 1.29 is 9.28 Å². The first kappa shape index (κ1) is 9.14. The van der Waals surface area contributed by atoms with Gasteiger partial charge in [0.1, 0.15) is 0 Å². The molecule has 0 aromatic carbocycles. The lowest BCUT2D eigenvalue weighted by Crippen LogP contribution is -2.21. The molecule has 58 valence electrons. The van der Waals surface area contributed by atoms with E-state index in [1.165, 1.54) is 0 Å². The summed E-state index contributed by atoms with van der Waals surface area (Å²) in [5, 5.41) is 0.177. The van der Waals surface area contributed by atoms with Crippen LogP contribution >= 0.6 is 0 Å². The topological polar surface area (TPSA) is 20.3 Å². The lowest BCUT2D eigenvalue weighted by Gasteiger charge is -2.06. The summed E-state index contributed by atoms with van der Waals surface area (Å²) in [4.78, 5) is 10.5. The third-order valence-electron chi connectivity index (χ3n) is 1.12. The summed E-state index contributed by atoms with van der Waals surface area (Å²) in [6.45, 7) is 5.26. The SMILES string of the molecule is C=CC(=O)N(F)CCCC. The molecular weight excluding hydrogens is 133 g/mol. The van der Waals surface area contributed by atoms with Crippen LogP contribution in [-0.4, -0.2) is 17.6 Å². The van der Waals surface area contributed by atoms with E-state index in [2.05, 4.69) is 6.58 Å². The first-order chi connectivity index (χ1) is 4.72. The Hall–Kier alpha value is -0.860. The van der Waals surface area contributed by atoms with E-state index in [0.29, 0.717) is 6.42 Å². The van der Waals surface area contributed by atoms with Crippen LogP contribution in [0.5, 0.6) is 0 Å². The van der Waals surface area contributed by atoms with Crippen molar-refractivity contribution in [2.24, 2.45) is 0 Å². The van der Waals surface area contributed by atoms with Gasteiger partial charge >= 0.3 is 0 Å². The third kappa shape index (κ3) is 3.22. The lowest BCUT2D eigenvalue weighted by atomic mass is 10.3. The Morgan fingerprint density at radius 3 is 2.80 bits per heavy atom. The van der Waals surface area contributed by atoms with E-state index >= 15 is 0 Å². The van der Waals surface area contributed by atoms with Gasteiger partial charge in [-0.1, -0.05) is 24.4 Å². The molecule has 0 fully saturated rings. The molecule has 0 spiro atoms. The first-order valence-corrected chi connectivity index (χ1v) is 3.32. The van der Waals surface area contributed by atoms with Crippen molar-refractivity contribution >= 4 is 5.91 Å². The number of nitrogens with zero attached hydrogens (tertiary/aromatic N) is 1. The fourth-order valence-corrected chi connectivity index (χ4v) is 0.506. The summed E-state index contributed by atoms with van der Waals surface area (Å²) in [5.41, 5.74) is 0. The van der Waals surface area contributed by atoms with Gasteiger partial charge in [0, 0.05) is 0 Å². The summed E-state index contributed by atoms with van der Waals surface area (Å²) in [6.07, 6.45) is 2.54. The normalized spacial score (nSPS) is 9.00. The summed E-state index contributed by atoms with van der Waals surface area (Å²) < 4.78 is 12.4. The second kappa shape index (κ2) is 4.97. The molecule has 0 bridgehead atoms. The number of carbonyl (C=O) groups excluding carboxylic acids is 1. The van der Waals surface area contributed by atoms with E-state index in [1.807, 2.05) is 6.92 Å². The largest absolute Gasteiger partial charge is 0.273 e. The molecule has 3 heteroatoms. The first-order valence-electron chi connectivity index (χ1n) is 3.32. The molecule has 0 saturated carbocycles. The highest BCUT2D eigenvalue weighted by Crippen LogP contribution is 1.95. The van der Waals surface area contributed by atoms with Gasteiger partial charge in [0.15, 0.2) is 0 Å². The molecule has 0 rings (SSSR count). The summed E-state index contributed by atoms with van der Waals surface area (Å²) in [6, 6.07) is 0. The molecule has 0 saturated heterocycles. The Morgan fingerprint density at radius 1 is 1.80 bits per heavy atom. The quantitative estimate of drug-likeness (QED) is 0.435. The van der Waals surface area contributed by atoms with Crippen LogP contribution in [0.3, 0.4) is 0 Å². The maximum atomic E-state index is 12.4. The van der Waals surface area contributed by atoms with Crippen LogP contribution < -0.4 is 0 Å². The van der Waals surface area contributed by atoms with Crippen molar-refractivity contribution in [1.82, 2.24) is 5.12 Å². The number of hydrogen-bond donors (Lipinski definition) is 0. The molecular formula is C7H12FNO. The molecule has 0 N–H and O–H groups in total. The minimum atomic E-state index is -0.659. The molecule has 0 heterocycles. The van der Waals surface area contributed by atoms with Crippen LogP contribution in [0.4, 0.5) is 4.48 Å². The van der Waals surface area contributed by atoms with E-state index in [4.69, 9.17) is 0 Å². The van der Waals surface area contributed by atoms with E-state index in [1.54, 1.807) is 0 Å². The Balaban J connectivity index is 3.51. The van der Waals surface area contributed by atoms with Crippen LogP contribution in [0.2, 0.25) is 0 Å². The second-order valence-corrected chi connectivity index (χ2v) is 1.98. The zero-order valence-electron chi connectivity index (χ0n) is 6.14. The minimum Gasteiger partial charge on any atom is -0.267 e. The third-order valence-corrected chi connectivity index (χ3v) is 1.12. The molecule has 1 amide bonds. The summed E-state index contributed by atoms with van der Waals surface area (Å²) >= 11 is 0. The smallest absolute Gasteiger partial charge is 0.267 e. The van der Waals surface area contributed by atoms with Crippen molar-refractivity contribution in [3.05, 3.63) is 12.7 Å². The number of rotatable bonds is 4. The molecule has 0 radical (unpaired) electrons. The van der Waals surface area contributed by atoms with Crippen molar-refractivity contribution in [3.63, 3.8) is 0 Å². The Morgan fingerprint density at radius 2 is 2.40 bits per heavy atom.